The number of nitrogens with zero attached hydrogens (tertiary/aromatic N) is 3. The van der Waals surface area contributed by atoms with E-state index in [-0.39, 0.29) is 22.2 Å². The van der Waals surface area contributed by atoms with Crippen molar-refractivity contribution in [2.75, 3.05) is 57.1 Å². The molecule has 11 heteroatoms. The summed E-state index contributed by atoms with van der Waals surface area (Å²) in [7, 11) is 0.125. The summed E-state index contributed by atoms with van der Waals surface area (Å²) in [5, 5.41) is 4.42. The van der Waals surface area contributed by atoms with Crippen molar-refractivity contribution in [1.82, 2.24) is 10.1 Å². The van der Waals surface area contributed by atoms with Gasteiger partial charge in [-0.25, -0.2) is 8.42 Å². The Hall–Kier alpha value is -4.56. The lowest BCUT2D eigenvalue weighted by molar-refractivity contribution is 0.368. The van der Waals surface area contributed by atoms with Crippen LogP contribution < -0.4 is 23.8 Å². The fourth-order valence-electron chi connectivity index (χ4n) is 4.81. The first kappa shape index (κ1) is 27.0. The number of ether oxygens (including phenoxy) is 3. The van der Waals surface area contributed by atoms with Gasteiger partial charge in [0.25, 0.3) is 10.0 Å². The van der Waals surface area contributed by atoms with Crippen molar-refractivity contribution in [3.05, 3.63) is 54.6 Å². The Morgan fingerprint density at radius 3 is 2.20 bits per heavy atom. The van der Waals surface area contributed by atoms with Crippen molar-refractivity contribution in [3.63, 3.8) is 0 Å². The van der Waals surface area contributed by atoms with Crippen LogP contribution in [0.15, 0.2) is 64.0 Å². The van der Waals surface area contributed by atoms with E-state index in [9.17, 15) is 8.42 Å². The van der Waals surface area contributed by atoms with Crippen LogP contribution in [-0.2, 0) is 10.0 Å². The minimum Gasteiger partial charge on any atom is -0.496 e. The maximum atomic E-state index is 13.4. The molecule has 1 saturated heterocycles. The van der Waals surface area contributed by atoms with Crippen molar-refractivity contribution in [1.29, 1.82) is 0 Å². The van der Waals surface area contributed by atoms with Crippen LogP contribution in [0.1, 0.15) is 6.92 Å². The third kappa shape index (κ3) is 5.18. The minimum atomic E-state index is -4.17. The quantitative estimate of drug-likeness (QED) is 0.312. The predicted molar refractivity (Wildman–Crippen MR) is 154 cm³/mol. The van der Waals surface area contributed by atoms with Gasteiger partial charge in [-0.15, -0.1) is 0 Å². The van der Waals surface area contributed by atoms with Gasteiger partial charge in [0.2, 0.25) is 0 Å². The van der Waals surface area contributed by atoms with Gasteiger partial charge in [0.15, 0.2) is 16.3 Å². The molecule has 4 aromatic rings. The van der Waals surface area contributed by atoms with E-state index in [1.54, 1.807) is 6.07 Å². The lowest BCUT2D eigenvalue weighted by Crippen LogP contribution is -2.44. The first-order valence-electron chi connectivity index (χ1n) is 12.6. The van der Waals surface area contributed by atoms with Crippen LogP contribution in [-0.4, -0.2) is 66.0 Å². The normalized spacial score (nSPS) is 13.5. The minimum absolute atomic E-state index is 0.00633. The summed E-state index contributed by atoms with van der Waals surface area (Å²) in [6, 6.07) is 19.8. The van der Waals surface area contributed by atoms with Gasteiger partial charge in [-0.2, -0.15) is 0 Å². The molecule has 1 fully saturated rings. The van der Waals surface area contributed by atoms with E-state index in [1.165, 1.54) is 33.5 Å². The van der Waals surface area contributed by atoms with E-state index in [2.05, 4.69) is 43.8 Å². The molecule has 0 atom stereocenters. The SMILES string of the molecule is CC#CN1CCN(c2cccc(-c3cc(OC)c4c(NS(=O)(=O)c5c(OC)cccc5OC)noc4c3)c2)CC1. The Morgan fingerprint density at radius 2 is 1.55 bits per heavy atom. The second-order valence-electron chi connectivity index (χ2n) is 9.07. The zero-order valence-electron chi connectivity index (χ0n) is 22.7. The first-order chi connectivity index (χ1) is 19.4. The van der Waals surface area contributed by atoms with E-state index >= 15 is 0 Å². The average Bonchev–Trinajstić information content (AvgIpc) is 3.38. The maximum absolute atomic E-state index is 13.4. The van der Waals surface area contributed by atoms with Crippen molar-refractivity contribution < 1.29 is 27.2 Å². The molecule has 0 aliphatic carbocycles. The number of benzene rings is 3. The second-order valence-corrected chi connectivity index (χ2v) is 10.7. The molecule has 0 spiro atoms. The van der Waals surface area contributed by atoms with Crippen molar-refractivity contribution in [2.24, 2.45) is 0 Å². The zero-order chi connectivity index (χ0) is 28.3. The standard InChI is InChI=1S/C29H30N4O6S/c1-5-12-32-13-15-33(16-14-32)22-9-6-8-20(17-22)21-18-25(38-4)27-26(19-21)39-30-29(27)31-40(34,35)28-23(36-2)10-7-11-24(28)37-3/h6-11,17-19H,13-16H2,1-4H3,(H,30,31). The van der Waals surface area contributed by atoms with Gasteiger partial charge in [0.05, 0.1) is 21.3 Å². The van der Waals surface area contributed by atoms with Crippen LogP contribution in [0, 0.1) is 12.0 Å². The number of rotatable bonds is 8. The largest absolute Gasteiger partial charge is 0.496 e. The average molecular weight is 563 g/mol. The Balaban J connectivity index is 1.47. The van der Waals surface area contributed by atoms with Crippen LogP contribution in [0.2, 0.25) is 0 Å². The highest BCUT2D eigenvalue weighted by Crippen LogP contribution is 2.40. The summed E-state index contributed by atoms with van der Waals surface area (Å²) < 4.78 is 51.2. The van der Waals surface area contributed by atoms with Gasteiger partial charge >= 0.3 is 0 Å². The van der Waals surface area contributed by atoms with Crippen molar-refractivity contribution >= 4 is 32.5 Å². The van der Waals surface area contributed by atoms with Gasteiger partial charge in [0, 0.05) is 37.9 Å². The summed E-state index contributed by atoms with van der Waals surface area (Å²) in [4.78, 5) is 4.32. The molecule has 1 aromatic heterocycles. The molecular weight excluding hydrogens is 532 g/mol. The number of sulfonamides is 1. The van der Waals surface area contributed by atoms with E-state index < -0.39 is 10.0 Å². The highest BCUT2D eigenvalue weighted by atomic mass is 32.2. The van der Waals surface area contributed by atoms with Crippen molar-refractivity contribution in [2.45, 2.75) is 11.8 Å². The van der Waals surface area contributed by atoms with E-state index in [0.717, 1.165) is 43.0 Å². The topological polar surface area (TPSA) is 106 Å². The molecule has 208 valence electrons. The monoisotopic (exact) mass is 562 g/mol. The van der Waals surface area contributed by atoms with Crippen LogP contribution in [0.3, 0.4) is 0 Å². The zero-order valence-corrected chi connectivity index (χ0v) is 23.5. The molecule has 1 N–H and O–H groups in total. The van der Waals surface area contributed by atoms with E-state index in [4.69, 9.17) is 18.7 Å². The van der Waals surface area contributed by atoms with Gasteiger partial charge in [-0.05, 0) is 54.4 Å². The number of nitrogens with one attached hydrogen (secondary N) is 1. The fourth-order valence-corrected chi connectivity index (χ4v) is 6.14. The molecule has 2 heterocycles. The van der Waals surface area contributed by atoms with Gasteiger partial charge in [-0.1, -0.05) is 29.3 Å². The molecule has 0 unspecified atom stereocenters. The molecule has 1 aliphatic rings. The molecule has 0 radical (unpaired) electrons. The number of piperazine rings is 1. The van der Waals surface area contributed by atoms with Crippen LogP contribution in [0.4, 0.5) is 11.5 Å². The summed E-state index contributed by atoms with van der Waals surface area (Å²) in [5.74, 6) is 3.64. The Labute approximate surface area is 233 Å². The Bertz CT molecular complexity index is 1680. The third-order valence-corrected chi connectivity index (χ3v) is 8.14. The highest BCUT2D eigenvalue weighted by molar-refractivity contribution is 7.93. The number of methoxy groups -OCH3 is 3. The molecule has 10 nitrogen and oxygen atoms in total. The van der Waals surface area contributed by atoms with Crippen molar-refractivity contribution in [3.8, 4) is 40.3 Å². The van der Waals surface area contributed by atoms with Crippen LogP contribution in [0.25, 0.3) is 22.1 Å². The maximum Gasteiger partial charge on any atom is 0.270 e. The number of aromatic nitrogens is 1. The summed E-state index contributed by atoms with van der Waals surface area (Å²) >= 11 is 0. The van der Waals surface area contributed by atoms with Crippen LogP contribution in [0.5, 0.6) is 17.2 Å². The molecule has 0 saturated carbocycles. The Morgan fingerprint density at radius 1 is 0.875 bits per heavy atom. The third-order valence-electron chi connectivity index (χ3n) is 6.73. The summed E-state index contributed by atoms with van der Waals surface area (Å²) in [5.41, 5.74) is 3.29. The summed E-state index contributed by atoms with van der Waals surface area (Å²) in [6.07, 6.45) is 0. The molecule has 3 aromatic carbocycles. The number of fused-ring (bicyclic) bond motifs is 1. The number of hydrogen-bond donors (Lipinski definition) is 1. The lowest BCUT2D eigenvalue weighted by Gasteiger charge is -2.34. The number of hydrogen-bond acceptors (Lipinski definition) is 9. The highest BCUT2D eigenvalue weighted by Gasteiger charge is 2.28. The van der Waals surface area contributed by atoms with E-state index in [1.807, 2.05) is 31.2 Å². The number of anilines is 2. The van der Waals surface area contributed by atoms with E-state index in [0.29, 0.717) is 16.7 Å². The smallest absolute Gasteiger partial charge is 0.270 e. The van der Waals surface area contributed by atoms with Gasteiger partial charge < -0.3 is 28.5 Å². The lowest BCUT2D eigenvalue weighted by atomic mass is 10.0. The van der Waals surface area contributed by atoms with Crippen LogP contribution >= 0.6 is 0 Å². The summed E-state index contributed by atoms with van der Waals surface area (Å²) in [6.45, 7) is 5.36. The van der Waals surface area contributed by atoms with Gasteiger partial charge in [-0.3, -0.25) is 4.72 Å². The fraction of sp³-hybridized carbons (Fsp3) is 0.276. The molecule has 1 aliphatic heterocycles. The molecule has 40 heavy (non-hydrogen) atoms. The first-order valence-corrected chi connectivity index (χ1v) is 14.1. The predicted octanol–water partition coefficient (Wildman–Crippen LogP) is 4.42. The van der Waals surface area contributed by atoms with Gasteiger partial charge in [0.1, 0.15) is 22.6 Å². The molecule has 0 amide bonds. The Kier molecular flexibility index (Phi) is 7.62. The molecule has 5 rings (SSSR count). The molecular formula is C29H30N4O6S. The second kappa shape index (κ2) is 11.3. The molecule has 0 bridgehead atoms.